The van der Waals surface area contributed by atoms with E-state index in [1.165, 1.54) is 38.5 Å². The van der Waals surface area contributed by atoms with Crippen LogP contribution < -0.4 is 5.32 Å². The number of thioether (sulfide) groups is 1. The minimum Gasteiger partial charge on any atom is -0.299 e. The molecule has 0 radical (unpaired) electrons. The lowest BCUT2D eigenvalue weighted by molar-refractivity contribution is 0.423. The minimum atomic E-state index is -0.0363. The highest BCUT2D eigenvalue weighted by molar-refractivity contribution is 7.99. The maximum atomic E-state index is 9.12. The Kier molecular flexibility index (Phi) is 4.53. The Morgan fingerprint density at radius 3 is 2.85 bits per heavy atom. The molecule has 2 aliphatic carbocycles. The first-order valence-electron chi connectivity index (χ1n) is 7.43. The summed E-state index contributed by atoms with van der Waals surface area (Å²) in [5.74, 6) is 0.880. The Morgan fingerprint density at radius 2 is 2.15 bits per heavy atom. The first kappa shape index (κ1) is 13.8. The zero-order valence-corrected chi connectivity index (χ0v) is 12.3. The summed E-state index contributed by atoms with van der Waals surface area (Å²) in [6, 6.07) is 3.36. The van der Waals surface area contributed by atoms with Crippen molar-refractivity contribution in [3.05, 3.63) is 0 Å². The number of rotatable bonds is 7. The molecule has 2 aliphatic rings. The molecule has 0 aromatic carbocycles. The summed E-state index contributed by atoms with van der Waals surface area (Å²) in [6.45, 7) is 0. The summed E-state index contributed by atoms with van der Waals surface area (Å²) >= 11 is 1.67. The topological polar surface area (TPSA) is 79.4 Å². The van der Waals surface area contributed by atoms with E-state index in [1.807, 2.05) is 4.68 Å². The Balaban J connectivity index is 1.48. The van der Waals surface area contributed by atoms with Crippen molar-refractivity contribution in [2.45, 2.75) is 68.2 Å². The molecule has 108 valence electrons. The highest BCUT2D eigenvalue weighted by Crippen LogP contribution is 2.31. The summed E-state index contributed by atoms with van der Waals surface area (Å²) in [6.07, 6.45) is 8.18. The first-order valence-corrected chi connectivity index (χ1v) is 8.41. The van der Waals surface area contributed by atoms with Crippen LogP contribution in [0.15, 0.2) is 5.16 Å². The highest BCUT2D eigenvalue weighted by Gasteiger charge is 2.25. The lowest BCUT2D eigenvalue weighted by Crippen LogP contribution is -2.30. The molecule has 1 heterocycles. The second-order valence-corrected chi connectivity index (χ2v) is 6.67. The molecule has 7 heteroatoms. The fourth-order valence-electron chi connectivity index (χ4n) is 2.65. The van der Waals surface area contributed by atoms with Crippen LogP contribution in [-0.4, -0.2) is 38.0 Å². The third-order valence-electron chi connectivity index (χ3n) is 3.94. The van der Waals surface area contributed by atoms with Crippen LogP contribution in [0.1, 0.15) is 51.0 Å². The smallest absolute Gasteiger partial charge is 0.209 e. The largest absolute Gasteiger partial charge is 0.299 e. The van der Waals surface area contributed by atoms with Gasteiger partial charge in [0.05, 0.1) is 18.2 Å². The predicted molar refractivity (Wildman–Crippen MR) is 76.2 cm³/mol. The van der Waals surface area contributed by atoms with Crippen LogP contribution in [0.3, 0.4) is 0 Å². The molecule has 20 heavy (non-hydrogen) atoms. The minimum absolute atomic E-state index is 0.0363. The average Bonchev–Trinajstić information content (AvgIpc) is 2.95. The first-order chi connectivity index (χ1) is 9.86. The van der Waals surface area contributed by atoms with Crippen LogP contribution in [0.2, 0.25) is 0 Å². The van der Waals surface area contributed by atoms with Crippen LogP contribution in [0.5, 0.6) is 0 Å². The molecule has 1 N–H and O–H groups in total. The van der Waals surface area contributed by atoms with Gasteiger partial charge in [-0.2, -0.15) is 5.26 Å². The molecule has 3 rings (SSSR count). The van der Waals surface area contributed by atoms with Gasteiger partial charge in [0.25, 0.3) is 0 Å². The molecule has 6 nitrogen and oxygen atoms in total. The number of hydrogen-bond donors (Lipinski definition) is 1. The van der Waals surface area contributed by atoms with E-state index in [-0.39, 0.29) is 6.04 Å². The molecule has 2 fully saturated rings. The molecule has 2 saturated carbocycles. The summed E-state index contributed by atoms with van der Waals surface area (Å²) in [4.78, 5) is 0. The molecule has 1 aromatic heterocycles. The van der Waals surface area contributed by atoms with Crippen LogP contribution >= 0.6 is 11.8 Å². The average molecular weight is 292 g/mol. The highest BCUT2D eigenvalue weighted by atomic mass is 32.2. The summed E-state index contributed by atoms with van der Waals surface area (Å²) in [5.41, 5.74) is 0. The third-order valence-corrected chi connectivity index (χ3v) is 4.91. The number of nitriles is 1. The fraction of sp³-hybridized carbons (Fsp3) is 0.846. The zero-order chi connectivity index (χ0) is 13.8. The third kappa shape index (κ3) is 3.49. The summed E-state index contributed by atoms with van der Waals surface area (Å²) in [5, 5.41) is 25.4. The molecule has 0 spiro atoms. The van der Waals surface area contributed by atoms with E-state index in [0.717, 1.165) is 17.3 Å². The van der Waals surface area contributed by atoms with Crippen LogP contribution in [0, 0.1) is 11.3 Å². The fourth-order valence-corrected chi connectivity index (χ4v) is 3.59. The molecule has 0 saturated heterocycles. The van der Waals surface area contributed by atoms with Crippen LogP contribution in [0.25, 0.3) is 0 Å². The molecule has 1 aromatic rings. The maximum absolute atomic E-state index is 9.12. The normalized spacial score (nSPS) is 20.9. The van der Waals surface area contributed by atoms with Crippen molar-refractivity contribution in [3.63, 3.8) is 0 Å². The van der Waals surface area contributed by atoms with Crippen molar-refractivity contribution in [3.8, 4) is 6.07 Å². The van der Waals surface area contributed by atoms with Crippen molar-refractivity contribution in [1.82, 2.24) is 25.5 Å². The number of hydrogen-bond acceptors (Lipinski definition) is 6. The Bertz CT molecular complexity index is 471. The van der Waals surface area contributed by atoms with E-state index in [1.54, 1.807) is 11.8 Å². The summed E-state index contributed by atoms with van der Waals surface area (Å²) < 4.78 is 1.98. The molecule has 0 amide bonds. The Hall–Kier alpha value is -1.13. The van der Waals surface area contributed by atoms with E-state index in [2.05, 4.69) is 26.9 Å². The van der Waals surface area contributed by atoms with E-state index >= 15 is 0 Å². The van der Waals surface area contributed by atoms with Gasteiger partial charge in [0, 0.05) is 11.8 Å². The lowest BCUT2D eigenvalue weighted by atomic mass is 10.2. The van der Waals surface area contributed by atoms with Crippen molar-refractivity contribution in [2.24, 2.45) is 0 Å². The number of nitrogens with zero attached hydrogens (tertiary/aromatic N) is 5. The predicted octanol–water partition coefficient (Wildman–Crippen LogP) is 1.91. The standard InChI is InChI=1S/C13H20N6S/c14-9-11(15-10-5-6-10)7-8-20-13-16-17-18-19(13)12-3-1-2-4-12/h10-12,15H,1-8H2. The van der Waals surface area contributed by atoms with Gasteiger partial charge in [0.15, 0.2) is 0 Å². The molecule has 1 unspecified atom stereocenters. The molecular formula is C13H20N6S. The van der Waals surface area contributed by atoms with Gasteiger partial charge in [0.2, 0.25) is 5.16 Å². The van der Waals surface area contributed by atoms with E-state index in [0.29, 0.717) is 12.1 Å². The van der Waals surface area contributed by atoms with Crippen LogP contribution in [0.4, 0.5) is 0 Å². The second kappa shape index (κ2) is 6.55. The van der Waals surface area contributed by atoms with E-state index < -0.39 is 0 Å². The van der Waals surface area contributed by atoms with E-state index in [9.17, 15) is 0 Å². The number of tetrazole rings is 1. The van der Waals surface area contributed by atoms with Gasteiger partial charge in [-0.3, -0.25) is 5.32 Å². The molecule has 0 bridgehead atoms. The maximum Gasteiger partial charge on any atom is 0.209 e. The number of nitrogens with one attached hydrogen (secondary N) is 1. The molecule has 0 aliphatic heterocycles. The summed E-state index contributed by atoms with van der Waals surface area (Å²) in [7, 11) is 0. The van der Waals surface area contributed by atoms with Gasteiger partial charge in [0.1, 0.15) is 0 Å². The molecule has 1 atom stereocenters. The monoisotopic (exact) mass is 292 g/mol. The van der Waals surface area contributed by atoms with Gasteiger partial charge in [-0.05, 0) is 42.5 Å². The number of aromatic nitrogens is 4. The van der Waals surface area contributed by atoms with Gasteiger partial charge in [-0.15, -0.1) is 5.10 Å². The van der Waals surface area contributed by atoms with E-state index in [4.69, 9.17) is 5.26 Å². The van der Waals surface area contributed by atoms with Crippen molar-refractivity contribution in [2.75, 3.05) is 5.75 Å². The van der Waals surface area contributed by atoms with Gasteiger partial charge in [-0.25, -0.2) is 4.68 Å². The van der Waals surface area contributed by atoms with Gasteiger partial charge < -0.3 is 0 Å². The quantitative estimate of drug-likeness (QED) is 0.773. The lowest BCUT2D eigenvalue weighted by Gasteiger charge is -2.12. The zero-order valence-electron chi connectivity index (χ0n) is 11.5. The Labute approximate surface area is 123 Å². The molecular weight excluding hydrogens is 272 g/mol. The van der Waals surface area contributed by atoms with Crippen molar-refractivity contribution >= 4 is 11.8 Å². The van der Waals surface area contributed by atoms with Crippen LogP contribution in [-0.2, 0) is 0 Å². The van der Waals surface area contributed by atoms with Crippen molar-refractivity contribution < 1.29 is 0 Å². The van der Waals surface area contributed by atoms with Gasteiger partial charge in [-0.1, -0.05) is 24.6 Å². The SMILES string of the molecule is N#CC(CCSc1nnnn1C1CCCC1)NC1CC1. The Morgan fingerprint density at radius 1 is 1.35 bits per heavy atom. The van der Waals surface area contributed by atoms with Crippen molar-refractivity contribution in [1.29, 1.82) is 5.26 Å². The van der Waals surface area contributed by atoms with Gasteiger partial charge >= 0.3 is 0 Å². The second-order valence-electron chi connectivity index (χ2n) is 5.60.